The lowest BCUT2D eigenvalue weighted by atomic mass is 10.3. The zero-order chi connectivity index (χ0) is 11.4. The summed E-state index contributed by atoms with van der Waals surface area (Å²) >= 11 is 0. The van der Waals surface area contributed by atoms with Crippen LogP contribution >= 0.6 is 0 Å². The molecular formula is C9H10N6O. The van der Waals surface area contributed by atoms with Crippen LogP contribution in [-0.2, 0) is 6.54 Å². The maximum Gasteiger partial charge on any atom is 0.271 e. The molecule has 0 saturated heterocycles. The Hall–Kier alpha value is -2.44. The van der Waals surface area contributed by atoms with Crippen LogP contribution < -0.4 is 11.1 Å². The highest BCUT2D eigenvalue weighted by molar-refractivity contribution is 5.91. The number of carbonyl (C=O) groups is 1. The van der Waals surface area contributed by atoms with Gasteiger partial charge >= 0.3 is 0 Å². The summed E-state index contributed by atoms with van der Waals surface area (Å²) in [5.41, 5.74) is 6.57. The molecule has 0 atom stereocenters. The third-order valence-corrected chi connectivity index (χ3v) is 1.99. The van der Waals surface area contributed by atoms with E-state index in [0.717, 1.165) is 5.56 Å². The molecule has 2 aromatic heterocycles. The number of hydrogen-bond acceptors (Lipinski definition) is 5. The van der Waals surface area contributed by atoms with Gasteiger partial charge in [0, 0.05) is 24.5 Å². The average molecular weight is 218 g/mol. The van der Waals surface area contributed by atoms with E-state index in [1.807, 2.05) is 0 Å². The third-order valence-electron chi connectivity index (χ3n) is 1.99. The molecule has 2 aromatic rings. The first kappa shape index (κ1) is 10.1. The van der Waals surface area contributed by atoms with Gasteiger partial charge in [0.2, 0.25) is 0 Å². The fourth-order valence-corrected chi connectivity index (χ4v) is 1.14. The van der Waals surface area contributed by atoms with Gasteiger partial charge in [-0.15, -0.1) is 0 Å². The lowest BCUT2D eigenvalue weighted by molar-refractivity contribution is 0.0945. The number of nitrogen functional groups attached to an aromatic ring is 1. The normalized spacial score (nSPS) is 10.0. The molecule has 0 aromatic carbocycles. The zero-order valence-corrected chi connectivity index (χ0v) is 8.34. The van der Waals surface area contributed by atoms with Crippen molar-refractivity contribution in [3.05, 3.63) is 36.0 Å². The van der Waals surface area contributed by atoms with Crippen molar-refractivity contribution in [2.45, 2.75) is 6.54 Å². The molecular weight excluding hydrogens is 208 g/mol. The lowest BCUT2D eigenvalue weighted by Gasteiger charge is -2.02. The van der Waals surface area contributed by atoms with Crippen molar-refractivity contribution in [2.24, 2.45) is 0 Å². The number of aromatic amines is 1. The maximum atomic E-state index is 11.6. The van der Waals surface area contributed by atoms with Crippen molar-refractivity contribution in [3.8, 4) is 0 Å². The van der Waals surface area contributed by atoms with Crippen molar-refractivity contribution >= 4 is 11.7 Å². The van der Waals surface area contributed by atoms with Crippen molar-refractivity contribution in [3.63, 3.8) is 0 Å². The van der Waals surface area contributed by atoms with Gasteiger partial charge in [0.1, 0.15) is 11.5 Å². The fourth-order valence-electron chi connectivity index (χ4n) is 1.14. The Bertz CT molecular complexity index is 480. The van der Waals surface area contributed by atoms with Gasteiger partial charge in [-0.25, -0.2) is 4.98 Å². The summed E-state index contributed by atoms with van der Waals surface area (Å²) in [5, 5.41) is 8.98. The smallest absolute Gasteiger partial charge is 0.271 e. The highest BCUT2D eigenvalue weighted by atomic mass is 16.1. The Morgan fingerprint density at radius 1 is 1.44 bits per heavy atom. The SMILES string of the molecule is Nc1[nH]ncc1CNC(=O)c1cnccn1. The second kappa shape index (κ2) is 4.39. The van der Waals surface area contributed by atoms with Gasteiger partial charge in [-0.3, -0.25) is 14.9 Å². The lowest BCUT2D eigenvalue weighted by Crippen LogP contribution is -2.24. The number of aromatic nitrogens is 4. The number of anilines is 1. The van der Waals surface area contributed by atoms with Gasteiger partial charge in [-0.1, -0.05) is 0 Å². The van der Waals surface area contributed by atoms with Crippen molar-refractivity contribution in [2.75, 3.05) is 5.73 Å². The monoisotopic (exact) mass is 218 g/mol. The first-order valence-corrected chi connectivity index (χ1v) is 4.59. The minimum Gasteiger partial charge on any atom is -0.384 e. The van der Waals surface area contributed by atoms with Gasteiger partial charge in [0.05, 0.1) is 12.4 Å². The van der Waals surface area contributed by atoms with Crippen LogP contribution in [0.2, 0.25) is 0 Å². The molecule has 2 heterocycles. The van der Waals surface area contributed by atoms with Crippen molar-refractivity contribution in [1.82, 2.24) is 25.5 Å². The average Bonchev–Trinajstić information content (AvgIpc) is 2.73. The molecule has 0 aliphatic carbocycles. The molecule has 0 unspecified atom stereocenters. The van der Waals surface area contributed by atoms with Gasteiger partial charge < -0.3 is 11.1 Å². The number of carbonyl (C=O) groups excluding carboxylic acids is 1. The number of hydrogen-bond donors (Lipinski definition) is 3. The molecule has 4 N–H and O–H groups in total. The molecule has 0 saturated carbocycles. The molecule has 0 fully saturated rings. The van der Waals surface area contributed by atoms with Crippen LogP contribution in [0, 0.1) is 0 Å². The van der Waals surface area contributed by atoms with Crippen LogP contribution in [0.15, 0.2) is 24.8 Å². The summed E-state index contributed by atoms with van der Waals surface area (Å²) in [6, 6.07) is 0. The molecule has 16 heavy (non-hydrogen) atoms. The van der Waals surface area contributed by atoms with Gasteiger partial charge in [0.15, 0.2) is 0 Å². The first-order valence-electron chi connectivity index (χ1n) is 4.59. The second-order valence-electron chi connectivity index (χ2n) is 3.08. The van der Waals surface area contributed by atoms with E-state index in [-0.39, 0.29) is 11.6 Å². The van der Waals surface area contributed by atoms with Gasteiger partial charge in [-0.2, -0.15) is 5.10 Å². The Morgan fingerprint density at radius 3 is 2.94 bits per heavy atom. The molecule has 0 aliphatic rings. The summed E-state index contributed by atoms with van der Waals surface area (Å²) in [6.45, 7) is 0.303. The summed E-state index contributed by atoms with van der Waals surface area (Å²) in [7, 11) is 0. The standard InChI is InChI=1S/C9H10N6O/c10-8-6(4-14-15-8)3-13-9(16)7-5-11-1-2-12-7/h1-2,4-5H,3H2,(H,13,16)(H3,10,14,15). The molecule has 7 nitrogen and oxygen atoms in total. The molecule has 0 bridgehead atoms. The highest BCUT2D eigenvalue weighted by Crippen LogP contribution is 2.04. The predicted molar refractivity (Wildman–Crippen MR) is 56.2 cm³/mol. The van der Waals surface area contributed by atoms with Crippen LogP contribution in [0.4, 0.5) is 5.82 Å². The quantitative estimate of drug-likeness (QED) is 0.655. The molecule has 82 valence electrons. The van der Waals surface area contributed by atoms with E-state index >= 15 is 0 Å². The van der Waals surface area contributed by atoms with Gasteiger partial charge in [0.25, 0.3) is 5.91 Å². The molecule has 2 rings (SSSR count). The predicted octanol–water partition coefficient (Wildman–Crippen LogP) is -0.288. The second-order valence-corrected chi connectivity index (χ2v) is 3.08. The summed E-state index contributed by atoms with van der Waals surface area (Å²) in [6.07, 6.45) is 5.92. The summed E-state index contributed by atoms with van der Waals surface area (Å²) < 4.78 is 0. The minimum atomic E-state index is -0.297. The summed E-state index contributed by atoms with van der Waals surface area (Å²) in [4.78, 5) is 19.2. The Morgan fingerprint density at radius 2 is 2.31 bits per heavy atom. The van der Waals surface area contributed by atoms with Crippen molar-refractivity contribution in [1.29, 1.82) is 0 Å². The van der Waals surface area contributed by atoms with Crippen LogP contribution in [-0.4, -0.2) is 26.1 Å². The maximum absolute atomic E-state index is 11.6. The van der Waals surface area contributed by atoms with E-state index in [1.54, 1.807) is 6.20 Å². The molecule has 0 spiro atoms. The molecule has 1 amide bonds. The van der Waals surface area contributed by atoms with Crippen LogP contribution in [0.25, 0.3) is 0 Å². The number of nitrogens with two attached hydrogens (primary N) is 1. The van der Waals surface area contributed by atoms with Crippen molar-refractivity contribution < 1.29 is 4.79 Å². The zero-order valence-electron chi connectivity index (χ0n) is 8.34. The number of H-pyrrole nitrogens is 1. The van der Waals surface area contributed by atoms with Crippen LogP contribution in [0.1, 0.15) is 16.1 Å². The first-order chi connectivity index (χ1) is 7.77. The molecule has 0 radical (unpaired) electrons. The van der Waals surface area contributed by atoms with Crippen LogP contribution in [0.3, 0.4) is 0 Å². The minimum absolute atomic E-state index is 0.268. The molecule has 0 aliphatic heterocycles. The number of rotatable bonds is 3. The topological polar surface area (TPSA) is 110 Å². The molecule has 7 heteroatoms. The third kappa shape index (κ3) is 2.14. The van der Waals surface area contributed by atoms with E-state index < -0.39 is 0 Å². The van der Waals surface area contributed by atoms with E-state index in [4.69, 9.17) is 5.73 Å². The van der Waals surface area contributed by atoms with Crippen LogP contribution in [0.5, 0.6) is 0 Å². The van der Waals surface area contributed by atoms with Gasteiger partial charge in [-0.05, 0) is 0 Å². The summed E-state index contributed by atoms with van der Waals surface area (Å²) in [5.74, 6) is 0.146. The fraction of sp³-hybridized carbons (Fsp3) is 0.111. The number of nitrogens with one attached hydrogen (secondary N) is 2. The Balaban J connectivity index is 1.97. The van der Waals surface area contributed by atoms with E-state index in [9.17, 15) is 4.79 Å². The Labute approximate surface area is 91.1 Å². The highest BCUT2D eigenvalue weighted by Gasteiger charge is 2.07. The number of amides is 1. The van der Waals surface area contributed by atoms with E-state index in [2.05, 4.69) is 25.5 Å². The van der Waals surface area contributed by atoms with E-state index in [1.165, 1.54) is 18.6 Å². The number of nitrogens with zero attached hydrogens (tertiary/aromatic N) is 3. The largest absolute Gasteiger partial charge is 0.384 e. The van der Waals surface area contributed by atoms with E-state index in [0.29, 0.717) is 12.4 Å². The Kier molecular flexibility index (Phi) is 2.77.